The standard InChI is InChI=1S/C28H34N2O2/c1-28(2,3)32-27(31)29-17-8-18-30-19-15-23(16-20-30)26-24-11-6-4-9-21(24)13-14-22-10-5-7-12-25(22)26/h4-7,9-14H,8,15-20H2,1-3H3,(H,29,31). The highest BCUT2D eigenvalue weighted by Gasteiger charge is 2.22. The molecule has 4 heteroatoms. The molecule has 0 radical (unpaired) electrons. The van der Waals surface area contributed by atoms with Crippen molar-refractivity contribution in [3.8, 4) is 0 Å². The average Bonchev–Trinajstić information content (AvgIpc) is 2.93. The molecule has 0 aromatic heterocycles. The molecule has 2 aromatic rings. The zero-order valence-corrected chi connectivity index (χ0v) is 19.5. The van der Waals surface area contributed by atoms with E-state index in [0.29, 0.717) is 6.54 Å². The molecule has 1 fully saturated rings. The van der Waals surface area contributed by atoms with Crippen LogP contribution in [0.25, 0.3) is 17.7 Å². The third kappa shape index (κ3) is 5.49. The number of carbonyl (C=O) groups is 1. The van der Waals surface area contributed by atoms with Crippen LogP contribution in [0.2, 0.25) is 0 Å². The van der Waals surface area contributed by atoms with E-state index in [4.69, 9.17) is 4.74 Å². The molecule has 1 N–H and O–H groups in total. The lowest BCUT2D eigenvalue weighted by Crippen LogP contribution is -2.36. The summed E-state index contributed by atoms with van der Waals surface area (Å²) in [7, 11) is 0. The zero-order valence-electron chi connectivity index (χ0n) is 19.5. The number of rotatable bonds is 4. The molecule has 1 aliphatic carbocycles. The van der Waals surface area contributed by atoms with Crippen LogP contribution in [-0.4, -0.2) is 42.8 Å². The van der Waals surface area contributed by atoms with Crippen LogP contribution in [0.3, 0.4) is 0 Å². The number of nitrogens with one attached hydrogen (secondary N) is 1. The summed E-state index contributed by atoms with van der Waals surface area (Å²) in [6, 6.07) is 17.5. The minimum atomic E-state index is -0.453. The molecule has 4 nitrogen and oxygen atoms in total. The molecule has 0 bridgehead atoms. The number of ether oxygens (including phenoxy) is 1. The fraction of sp³-hybridized carbons (Fsp3) is 0.393. The van der Waals surface area contributed by atoms with Gasteiger partial charge in [0.2, 0.25) is 0 Å². The molecule has 2 aliphatic rings. The maximum Gasteiger partial charge on any atom is 0.407 e. The van der Waals surface area contributed by atoms with E-state index in [1.54, 1.807) is 5.57 Å². The first-order chi connectivity index (χ1) is 15.4. The summed E-state index contributed by atoms with van der Waals surface area (Å²) in [6.07, 6.45) is 7.25. The van der Waals surface area contributed by atoms with Gasteiger partial charge >= 0.3 is 6.09 Å². The Morgan fingerprint density at radius 3 is 2.06 bits per heavy atom. The first kappa shape index (κ1) is 22.3. The van der Waals surface area contributed by atoms with Crippen LogP contribution >= 0.6 is 0 Å². The Balaban J connectivity index is 1.40. The summed E-state index contributed by atoms with van der Waals surface area (Å²) in [5, 5.41) is 2.86. The van der Waals surface area contributed by atoms with Gasteiger partial charge in [-0.3, -0.25) is 0 Å². The SMILES string of the molecule is CC(C)(C)OC(=O)NCCCN1CCC(=C2c3ccccc3C=Cc3ccccc32)CC1. The number of piperidine rings is 1. The Bertz CT molecular complexity index is 968. The van der Waals surface area contributed by atoms with E-state index in [0.717, 1.165) is 38.9 Å². The van der Waals surface area contributed by atoms with Crippen molar-refractivity contribution in [2.45, 2.75) is 45.6 Å². The summed E-state index contributed by atoms with van der Waals surface area (Å²) in [6.45, 7) is 9.40. The molecular formula is C28H34N2O2. The number of fused-ring (bicyclic) bond motifs is 2. The molecule has 0 spiro atoms. The molecule has 32 heavy (non-hydrogen) atoms. The Morgan fingerprint density at radius 1 is 0.938 bits per heavy atom. The number of carbonyl (C=O) groups excluding carboxylic acids is 1. The van der Waals surface area contributed by atoms with Crippen molar-refractivity contribution in [3.63, 3.8) is 0 Å². The van der Waals surface area contributed by atoms with Gasteiger partial charge in [0.15, 0.2) is 0 Å². The number of likely N-dealkylation sites (tertiary alicyclic amines) is 1. The molecule has 1 aliphatic heterocycles. The van der Waals surface area contributed by atoms with Crippen molar-refractivity contribution in [3.05, 3.63) is 76.4 Å². The van der Waals surface area contributed by atoms with Gasteiger partial charge in [0.05, 0.1) is 0 Å². The van der Waals surface area contributed by atoms with Crippen molar-refractivity contribution in [1.29, 1.82) is 0 Å². The Kier molecular flexibility index (Phi) is 6.80. The third-order valence-electron chi connectivity index (χ3n) is 6.04. The maximum atomic E-state index is 11.8. The predicted molar refractivity (Wildman–Crippen MR) is 132 cm³/mol. The van der Waals surface area contributed by atoms with Gasteiger partial charge in [0.1, 0.15) is 5.60 Å². The van der Waals surface area contributed by atoms with E-state index < -0.39 is 5.60 Å². The summed E-state index contributed by atoms with van der Waals surface area (Å²) in [4.78, 5) is 14.3. The van der Waals surface area contributed by atoms with Crippen LogP contribution in [-0.2, 0) is 4.74 Å². The maximum absolute atomic E-state index is 11.8. The van der Waals surface area contributed by atoms with Crippen LogP contribution in [0, 0.1) is 0 Å². The monoisotopic (exact) mass is 430 g/mol. The molecule has 0 atom stereocenters. The third-order valence-corrected chi connectivity index (χ3v) is 6.04. The molecule has 1 heterocycles. The van der Waals surface area contributed by atoms with Crippen molar-refractivity contribution in [2.75, 3.05) is 26.2 Å². The van der Waals surface area contributed by atoms with E-state index in [2.05, 4.69) is 70.9 Å². The minimum absolute atomic E-state index is 0.331. The van der Waals surface area contributed by atoms with Crippen LogP contribution in [0.1, 0.15) is 62.3 Å². The van der Waals surface area contributed by atoms with Crippen molar-refractivity contribution >= 4 is 23.8 Å². The van der Waals surface area contributed by atoms with Gasteiger partial charge in [-0.25, -0.2) is 4.79 Å². The Hall–Kier alpha value is -2.85. The molecule has 1 amide bonds. The quantitative estimate of drug-likeness (QED) is 0.518. The van der Waals surface area contributed by atoms with Gasteiger partial charge in [-0.05, 0) is 74.4 Å². The number of hydrogen-bond donors (Lipinski definition) is 1. The second kappa shape index (κ2) is 9.74. The lowest BCUT2D eigenvalue weighted by atomic mass is 9.86. The Morgan fingerprint density at radius 2 is 1.50 bits per heavy atom. The fourth-order valence-corrected chi connectivity index (χ4v) is 4.55. The number of amides is 1. The van der Waals surface area contributed by atoms with E-state index >= 15 is 0 Å². The molecule has 4 rings (SSSR count). The lowest BCUT2D eigenvalue weighted by molar-refractivity contribution is 0.0525. The van der Waals surface area contributed by atoms with Gasteiger partial charge in [0.25, 0.3) is 0 Å². The van der Waals surface area contributed by atoms with Crippen molar-refractivity contribution in [1.82, 2.24) is 10.2 Å². The van der Waals surface area contributed by atoms with Gasteiger partial charge in [-0.2, -0.15) is 0 Å². The summed E-state index contributed by atoms with van der Waals surface area (Å²) in [5.74, 6) is 0. The van der Waals surface area contributed by atoms with Crippen LogP contribution in [0.15, 0.2) is 54.1 Å². The smallest absolute Gasteiger partial charge is 0.407 e. The van der Waals surface area contributed by atoms with Crippen LogP contribution in [0.4, 0.5) is 4.79 Å². The first-order valence-corrected chi connectivity index (χ1v) is 11.7. The first-order valence-electron chi connectivity index (χ1n) is 11.7. The molecule has 0 saturated carbocycles. The predicted octanol–water partition coefficient (Wildman–Crippen LogP) is 5.98. The molecular weight excluding hydrogens is 396 g/mol. The molecule has 0 unspecified atom stereocenters. The molecule has 1 saturated heterocycles. The van der Waals surface area contributed by atoms with Gasteiger partial charge in [0, 0.05) is 19.6 Å². The normalized spacial score (nSPS) is 16.2. The largest absolute Gasteiger partial charge is 0.444 e. The average molecular weight is 431 g/mol. The molecule has 2 aromatic carbocycles. The summed E-state index contributed by atoms with van der Waals surface area (Å²) < 4.78 is 5.30. The second-order valence-corrected chi connectivity index (χ2v) is 9.61. The van der Waals surface area contributed by atoms with E-state index in [9.17, 15) is 4.79 Å². The summed E-state index contributed by atoms with van der Waals surface area (Å²) >= 11 is 0. The molecule has 168 valence electrons. The highest BCUT2D eigenvalue weighted by molar-refractivity contribution is 5.94. The van der Waals surface area contributed by atoms with Gasteiger partial charge in [-0.1, -0.05) is 66.3 Å². The van der Waals surface area contributed by atoms with E-state index in [1.165, 1.54) is 27.8 Å². The number of hydrogen-bond acceptors (Lipinski definition) is 3. The highest BCUT2D eigenvalue weighted by Crippen LogP contribution is 2.38. The number of nitrogens with zero attached hydrogens (tertiary/aromatic N) is 1. The number of alkyl carbamates (subject to hydrolysis) is 1. The van der Waals surface area contributed by atoms with E-state index in [-0.39, 0.29) is 6.09 Å². The van der Waals surface area contributed by atoms with Crippen molar-refractivity contribution in [2.24, 2.45) is 0 Å². The van der Waals surface area contributed by atoms with Crippen LogP contribution < -0.4 is 5.32 Å². The zero-order chi connectivity index (χ0) is 22.6. The van der Waals surface area contributed by atoms with Gasteiger partial charge in [-0.15, -0.1) is 0 Å². The topological polar surface area (TPSA) is 41.6 Å². The summed E-state index contributed by atoms with van der Waals surface area (Å²) in [5.41, 5.74) is 7.80. The number of benzene rings is 2. The minimum Gasteiger partial charge on any atom is -0.444 e. The lowest BCUT2D eigenvalue weighted by Gasteiger charge is -2.30. The second-order valence-electron chi connectivity index (χ2n) is 9.61. The van der Waals surface area contributed by atoms with E-state index in [1.807, 2.05) is 20.8 Å². The fourth-order valence-electron chi connectivity index (χ4n) is 4.55. The Labute approximate surface area is 192 Å². The highest BCUT2D eigenvalue weighted by atomic mass is 16.6. The van der Waals surface area contributed by atoms with Crippen molar-refractivity contribution < 1.29 is 9.53 Å². The van der Waals surface area contributed by atoms with Gasteiger partial charge < -0.3 is 15.0 Å². The van der Waals surface area contributed by atoms with Crippen LogP contribution in [0.5, 0.6) is 0 Å².